The number of hydrogen-bond donors (Lipinski definition) is 2. The molecule has 4 nitrogen and oxygen atoms in total. The summed E-state index contributed by atoms with van der Waals surface area (Å²) < 4.78 is 18.4. The molecule has 0 aromatic heterocycles. The Hall–Kier alpha value is -2.47. The van der Waals surface area contributed by atoms with Crippen LogP contribution in [0.5, 0.6) is 0 Å². The first-order valence-electron chi connectivity index (χ1n) is 10.0. The summed E-state index contributed by atoms with van der Waals surface area (Å²) in [7, 11) is 0. The minimum atomic E-state index is -0.351. The van der Waals surface area contributed by atoms with Crippen LogP contribution in [0, 0.1) is 12.7 Å². The van der Waals surface area contributed by atoms with Gasteiger partial charge in [0.15, 0.2) is 5.11 Å². The van der Waals surface area contributed by atoms with Crippen LogP contribution in [0.15, 0.2) is 42.5 Å². The van der Waals surface area contributed by atoms with E-state index in [2.05, 4.69) is 10.6 Å². The molecule has 6 heteroatoms. The predicted molar refractivity (Wildman–Crippen MR) is 118 cm³/mol. The topological polar surface area (TPSA) is 50.4 Å². The van der Waals surface area contributed by atoms with E-state index in [4.69, 9.17) is 17.0 Å². The lowest BCUT2D eigenvalue weighted by Gasteiger charge is -2.30. The second-order valence-electron chi connectivity index (χ2n) is 7.55. The zero-order valence-electron chi connectivity index (χ0n) is 16.9. The number of ether oxygens (including phenoxy) is 1. The Morgan fingerprint density at radius 1 is 1.17 bits per heavy atom. The Kier molecular flexibility index (Phi) is 6.85. The normalized spacial score (nSPS) is 15.0. The highest BCUT2D eigenvalue weighted by molar-refractivity contribution is 7.80. The Morgan fingerprint density at radius 2 is 1.86 bits per heavy atom. The standard InChI is InChI=1S/C23H27FN2O2S/c1-3-28-21(27)17-7-6-16(2)20(14-17)26-22(29)25-15-23(12-4-5-13-23)18-8-10-19(24)11-9-18/h6-11,14H,3-5,12-13,15H2,1-2H3,(H2,25,26,29). The Bertz CT molecular complexity index is 877. The number of nitrogens with one attached hydrogen (secondary N) is 2. The second-order valence-corrected chi connectivity index (χ2v) is 7.96. The number of carbonyl (C=O) groups is 1. The number of esters is 1. The molecule has 1 saturated carbocycles. The zero-order valence-corrected chi connectivity index (χ0v) is 17.7. The number of halogens is 1. The SMILES string of the molecule is CCOC(=O)c1ccc(C)c(NC(=S)NCC2(c3ccc(F)cc3)CCCC2)c1. The molecule has 0 saturated heterocycles. The molecule has 29 heavy (non-hydrogen) atoms. The second kappa shape index (κ2) is 9.35. The van der Waals surface area contributed by atoms with Gasteiger partial charge in [0.25, 0.3) is 0 Å². The van der Waals surface area contributed by atoms with Gasteiger partial charge in [0.05, 0.1) is 12.2 Å². The molecule has 1 aliphatic rings. The van der Waals surface area contributed by atoms with Crippen molar-refractivity contribution >= 4 is 29.0 Å². The highest BCUT2D eigenvalue weighted by Gasteiger charge is 2.35. The minimum absolute atomic E-state index is 0.0404. The van der Waals surface area contributed by atoms with Crippen molar-refractivity contribution in [3.05, 3.63) is 65.0 Å². The molecule has 154 valence electrons. The molecule has 0 bridgehead atoms. The molecule has 2 aromatic rings. The predicted octanol–water partition coefficient (Wildman–Crippen LogP) is 5.11. The van der Waals surface area contributed by atoms with E-state index in [0.717, 1.165) is 42.5 Å². The number of anilines is 1. The van der Waals surface area contributed by atoms with Crippen molar-refractivity contribution in [1.82, 2.24) is 5.32 Å². The van der Waals surface area contributed by atoms with Gasteiger partial charge in [-0.1, -0.05) is 31.0 Å². The van der Waals surface area contributed by atoms with Crippen LogP contribution in [0.3, 0.4) is 0 Å². The lowest BCUT2D eigenvalue weighted by atomic mass is 9.79. The molecule has 0 atom stereocenters. The van der Waals surface area contributed by atoms with Crippen molar-refractivity contribution in [2.75, 3.05) is 18.5 Å². The molecule has 0 spiro atoms. The fraction of sp³-hybridized carbons (Fsp3) is 0.391. The van der Waals surface area contributed by atoms with Crippen LogP contribution in [0.4, 0.5) is 10.1 Å². The van der Waals surface area contributed by atoms with E-state index in [0.29, 0.717) is 23.8 Å². The molecule has 0 radical (unpaired) electrons. The average Bonchev–Trinajstić information content (AvgIpc) is 3.19. The van der Waals surface area contributed by atoms with Gasteiger partial charge in [0, 0.05) is 17.6 Å². The van der Waals surface area contributed by atoms with E-state index in [1.807, 2.05) is 25.1 Å². The summed E-state index contributed by atoms with van der Waals surface area (Å²) in [6.45, 7) is 4.75. The third kappa shape index (κ3) is 5.12. The molecule has 0 unspecified atom stereocenters. The first-order chi connectivity index (χ1) is 13.9. The lowest BCUT2D eigenvalue weighted by Crippen LogP contribution is -2.40. The molecule has 0 aliphatic heterocycles. The van der Waals surface area contributed by atoms with Crippen LogP contribution in [-0.2, 0) is 10.2 Å². The van der Waals surface area contributed by atoms with Gasteiger partial charge < -0.3 is 15.4 Å². The van der Waals surface area contributed by atoms with Crippen molar-refractivity contribution in [3.8, 4) is 0 Å². The fourth-order valence-corrected chi connectivity index (χ4v) is 4.12. The smallest absolute Gasteiger partial charge is 0.338 e. The minimum Gasteiger partial charge on any atom is -0.462 e. The van der Waals surface area contributed by atoms with Crippen LogP contribution in [-0.4, -0.2) is 24.2 Å². The van der Waals surface area contributed by atoms with Crippen LogP contribution < -0.4 is 10.6 Å². The summed E-state index contributed by atoms with van der Waals surface area (Å²) in [6, 6.07) is 12.2. The number of benzene rings is 2. The molecule has 2 N–H and O–H groups in total. The molecular formula is C23H27FN2O2S. The summed E-state index contributed by atoms with van der Waals surface area (Å²) in [5.74, 6) is -0.570. The maximum absolute atomic E-state index is 13.4. The average molecular weight is 415 g/mol. The molecule has 3 rings (SSSR count). The number of hydrogen-bond acceptors (Lipinski definition) is 3. The monoisotopic (exact) mass is 414 g/mol. The van der Waals surface area contributed by atoms with E-state index in [-0.39, 0.29) is 17.2 Å². The molecule has 0 amide bonds. The molecule has 2 aromatic carbocycles. The van der Waals surface area contributed by atoms with Gasteiger partial charge in [0.1, 0.15) is 5.82 Å². The van der Waals surface area contributed by atoms with E-state index >= 15 is 0 Å². The van der Waals surface area contributed by atoms with Gasteiger partial charge in [-0.3, -0.25) is 0 Å². The van der Waals surface area contributed by atoms with Crippen molar-refractivity contribution in [2.45, 2.75) is 44.9 Å². The van der Waals surface area contributed by atoms with Crippen molar-refractivity contribution < 1.29 is 13.9 Å². The Balaban J connectivity index is 1.68. The van der Waals surface area contributed by atoms with Gasteiger partial charge in [-0.15, -0.1) is 0 Å². The highest BCUT2D eigenvalue weighted by atomic mass is 32.1. The Labute approximate surface area is 176 Å². The number of carbonyl (C=O) groups excluding carboxylic acids is 1. The summed E-state index contributed by atoms with van der Waals surface area (Å²) in [4.78, 5) is 12.0. The van der Waals surface area contributed by atoms with Crippen LogP contribution in [0.1, 0.15) is 54.1 Å². The maximum Gasteiger partial charge on any atom is 0.338 e. The fourth-order valence-electron chi connectivity index (χ4n) is 3.94. The first-order valence-corrected chi connectivity index (χ1v) is 10.4. The third-order valence-corrected chi connectivity index (χ3v) is 5.85. The Morgan fingerprint density at radius 3 is 2.52 bits per heavy atom. The zero-order chi connectivity index (χ0) is 20.9. The molecule has 0 heterocycles. The number of aryl methyl sites for hydroxylation is 1. The maximum atomic E-state index is 13.4. The summed E-state index contributed by atoms with van der Waals surface area (Å²) >= 11 is 5.51. The van der Waals surface area contributed by atoms with E-state index in [1.165, 1.54) is 12.1 Å². The quantitative estimate of drug-likeness (QED) is 0.508. The number of thiocarbonyl (C=S) groups is 1. The molecule has 1 fully saturated rings. The van der Waals surface area contributed by atoms with Gasteiger partial charge in [0.2, 0.25) is 0 Å². The van der Waals surface area contributed by atoms with Gasteiger partial charge in [-0.25, -0.2) is 9.18 Å². The van der Waals surface area contributed by atoms with Gasteiger partial charge >= 0.3 is 5.97 Å². The molecule has 1 aliphatic carbocycles. The van der Waals surface area contributed by atoms with Crippen LogP contribution in [0.2, 0.25) is 0 Å². The van der Waals surface area contributed by atoms with Crippen molar-refractivity contribution in [2.24, 2.45) is 0 Å². The summed E-state index contributed by atoms with van der Waals surface area (Å²) in [6.07, 6.45) is 4.40. The van der Waals surface area contributed by atoms with Crippen molar-refractivity contribution in [3.63, 3.8) is 0 Å². The summed E-state index contributed by atoms with van der Waals surface area (Å²) in [5.41, 5.74) is 3.35. The molecular weight excluding hydrogens is 387 g/mol. The lowest BCUT2D eigenvalue weighted by molar-refractivity contribution is 0.0526. The summed E-state index contributed by atoms with van der Waals surface area (Å²) in [5, 5.41) is 7.04. The van der Waals surface area contributed by atoms with Crippen LogP contribution in [0.25, 0.3) is 0 Å². The van der Waals surface area contributed by atoms with Crippen LogP contribution >= 0.6 is 12.2 Å². The van der Waals surface area contributed by atoms with Crippen molar-refractivity contribution in [1.29, 1.82) is 0 Å². The van der Waals surface area contributed by atoms with Gasteiger partial charge in [-0.2, -0.15) is 0 Å². The largest absolute Gasteiger partial charge is 0.462 e. The number of rotatable bonds is 6. The van der Waals surface area contributed by atoms with E-state index in [1.54, 1.807) is 19.1 Å². The highest BCUT2D eigenvalue weighted by Crippen LogP contribution is 2.40. The van der Waals surface area contributed by atoms with E-state index in [9.17, 15) is 9.18 Å². The third-order valence-electron chi connectivity index (χ3n) is 5.60. The first kappa shape index (κ1) is 21.2. The van der Waals surface area contributed by atoms with Gasteiger partial charge in [-0.05, 0) is 74.3 Å². The van der Waals surface area contributed by atoms with E-state index < -0.39 is 0 Å².